The summed E-state index contributed by atoms with van der Waals surface area (Å²) in [5, 5.41) is 0. The number of nitrogens with zero attached hydrogens (tertiary/aromatic N) is 2. The maximum Gasteiger partial charge on any atom is 0.500 e. The molecular formula is C13H28N2O3Si. The van der Waals surface area contributed by atoms with E-state index in [0.29, 0.717) is 0 Å². The molecule has 0 saturated carbocycles. The highest BCUT2D eigenvalue weighted by molar-refractivity contribution is 6.60. The van der Waals surface area contributed by atoms with Crippen molar-refractivity contribution in [3.63, 3.8) is 0 Å². The van der Waals surface area contributed by atoms with Gasteiger partial charge < -0.3 is 18.2 Å². The van der Waals surface area contributed by atoms with Crippen molar-refractivity contribution in [3.8, 4) is 0 Å². The Morgan fingerprint density at radius 2 is 1.84 bits per heavy atom. The first-order valence-electron chi connectivity index (χ1n) is 7.02. The second kappa shape index (κ2) is 8.81. The number of hydrogen-bond acceptors (Lipinski definition) is 5. The van der Waals surface area contributed by atoms with Crippen molar-refractivity contribution in [3.05, 3.63) is 0 Å². The van der Waals surface area contributed by atoms with Crippen LogP contribution < -0.4 is 0 Å². The number of hydrogen-bond donors (Lipinski definition) is 0. The predicted octanol–water partition coefficient (Wildman–Crippen LogP) is 1.81. The lowest BCUT2D eigenvalue weighted by Gasteiger charge is -2.23. The van der Waals surface area contributed by atoms with Crippen LogP contribution in [-0.2, 0) is 13.3 Å². The summed E-state index contributed by atoms with van der Waals surface area (Å²) in [6.45, 7) is 3.04. The summed E-state index contributed by atoms with van der Waals surface area (Å²) in [6.07, 6.45) is 4.64. The Balaban J connectivity index is 2.35. The van der Waals surface area contributed by atoms with Gasteiger partial charge in [0, 0.05) is 46.2 Å². The highest BCUT2D eigenvalue weighted by Gasteiger charge is 2.36. The van der Waals surface area contributed by atoms with Gasteiger partial charge in [0.1, 0.15) is 0 Å². The van der Waals surface area contributed by atoms with Gasteiger partial charge in [-0.1, -0.05) is 0 Å². The minimum atomic E-state index is -2.41. The molecule has 5 nitrogen and oxygen atoms in total. The molecule has 0 amide bonds. The summed E-state index contributed by atoms with van der Waals surface area (Å²) in [5.41, 5.74) is 1.33. The van der Waals surface area contributed by atoms with Crippen LogP contribution in [0, 0.1) is 0 Å². The first-order valence-corrected chi connectivity index (χ1v) is 8.95. The van der Waals surface area contributed by atoms with E-state index in [1.165, 1.54) is 25.1 Å². The van der Waals surface area contributed by atoms with Crippen molar-refractivity contribution in [2.75, 3.05) is 48.0 Å². The van der Waals surface area contributed by atoms with Crippen LogP contribution in [0.4, 0.5) is 0 Å². The fourth-order valence-electron chi connectivity index (χ4n) is 2.40. The molecule has 1 aliphatic heterocycles. The molecule has 0 unspecified atom stereocenters. The average Bonchev–Trinajstić information content (AvgIpc) is 2.64. The molecule has 0 radical (unpaired) electrons. The van der Waals surface area contributed by atoms with Crippen LogP contribution in [0.15, 0.2) is 4.99 Å². The largest absolute Gasteiger partial charge is 0.500 e. The van der Waals surface area contributed by atoms with E-state index in [1.54, 1.807) is 21.3 Å². The van der Waals surface area contributed by atoms with Gasteiger partial charge >= 0.3 is 8.80 Å². The normalized spacial score (nSPS) is 20.7. The summed E-state index contributed by atoms with van der Waals surface area (Å²) in [5.74, 6) is 0. The van der Waals surface area contributed by atoms with Crippen molar-refractivity contribution < 1.29 is 13.3 Å². The van der Waals surface area contributed by atoms with Gasteiger partial charge in [0.15, 0.2) is 0 Å². The van der Waals surface area contributed by atoms with Crippen LogP contribution >= 0.6 is 0 Å². The van der Waals surface area contributed by atoms with E-state index >= 15 is 0 Å². The van der Waals surface area contributed by atoms with Crippen LogP contribution in [0.1, 0.15) is 25.7 Å². The zero-order chi connectivity index (χ0) is 14.1. The van der Waals surface area contributed by atoms with Gasteiger partial charge in [-0.2, -0.15) is 0 Å². The maximum absolute atomic E-state index is 5.40. The van der Waals surface area contributed by atoms with Crippen molar-refractivity contribution in [1.82, 2.24) is 4.90 Å². The van der Waals surface area contributed by atoms with E-state index in [9.17, 15) is 0 Å². The second-order valence-electron chi connectivity index (χ2n) is 5.04. The Morgan fingerprint density at radius 3 is 2.47 bits per heavy atom. The summed E-state index contributed by atoms with van der Waals surface area (Å²) in [4.78, 5) is 7.08. The Hall–Kier alpha value is -0.273. The van der Waals surface area contributed by atoms with Crippen LogP contribution in [0.25, 0.3) is 0 Å². The van der Waals surface area contributed by atoms with Crippen LogP contribution in [-0.4, -0.2) is 67.4 Å². The summed E-state index contributed by atoms with van der Waals surface area (Å²) in [6, 6.07) is 0.823. The number of likely N-dealkylation sites (tertiary alicyclic amines) is 1. The monoisotopic (exact) mass is 288 g/mol. The molecule has 0 aliphatic carbocycles. The quantitative estimate of drug-likeness (QED) is 0.529. The summed E-state index contributed by atoms with van der Waals surface area (Å²) >= 11 is 0. The fraction of sp³-hybridized carbons (Fsp3) is 0.923. The zero-order valence-electron chi connectivity index (χ0n) is 12.8. The van der Waals surface area contributed by atoms with E-state index in [0.717, 1.165) is 32.0 Å². The molecule has 0 aromatic carbocycles. The maximum atomic E-state index is 5.40. The third kappa shape index (κ3) is 5.70. The SMILES string of the molecule is CO[Si](CCCN=C1CCCCN(C)C1)(OC)OC. The first-order chi connectivity index (χ1) is 9.15. The summed E-state index contributed by atoms with van der Waals surface area (Å²) < 4.78 is 16.2. The number of rotatable bonds is 7. The van der Waals surface area contributed by atoms with Crippen LogP contribution in [0.3, 0.4) is 0 Å². The van der Waals surface area contributed by atoms with Gasteiger partial charge in [0.25, 0.3) is 0 Å². The molecule has 0 aromatic rings. The lowest BCUT2D eigenvalue weighted by Crippen LogP contribution is -2.42. The third-order valence-corrected chi connectivity index (χ3v) is 6.45. The smallest absolute Gasteiger partial charge is 0.377 e. The molecule has 0 spiro atoms. The van der Waals surface area contributed by atoms with E-state index in [1.807, 2.05) is 0 Å². The van der Waals surface area contributed by atoms with Crippen molar-refractivity contribution in [2.24, 2.45) is 4.99 Å². The topological polar surface area (TPSA) is 43.3 Å². The molecule has 112 valence electrons. The molecule has 0 bridgehead atoms. The van der Waals surface area contributed by atoms with Crippen LogP contribution in [0.2, 0.25) is 6.04 Å². The lowest BCUT2D eigenvalue weighted by atomic mass is 10.2. The van der Waals surface area contributed by atoms with Gasteiger partial charge in [-0.05, 0) is 39.3 Å². The molecule has 0 aromatic heterocycles. The highest BCUT2D eigenvalue weighted by atomic mass is 28.4. The highest BCUT2D eigenvalue weighted by Crippen LogP contribution is 2.15. The summed E-state index contributed by atoms with van der Waals surface area (Å²) in [7, 11) is 4.73. The number of aliphatic imine (C=N–C) groups is 1. The Labute approximate surface area is 118 Å². The Morgan fingerprint density at radius 1 is 1.16 bits per heavy atom. The minimum absolute atomic E-state index is 0.823. The lowest BCUT2D eigenvalue weighted by molar-refractivity contribution is 0.123. The van der Waals surface area contributed by atoms with Gasteiger partial charge in [-0.25, -0.2) is 0 Å². The molecule has 6 heteroatoms. The molecule has 1 heterocycles. The van der Waals surface area contributed by atoms with Crippen molar-refractivity contribution in [2.45, 2.75) is 31.7 Å². The molecular weight excluding hydrogens is 260 g/mol. The van der Waals surface area contributed by atoms with Gasteiger partial charge in [-0.3, -0.25) is 4.99 Å². The standard InChI is InChI=1S/C13H28N2O3Si/c1-15-10-6-5-8-13(12-15)14-9-7-11-19(16-2,17-3)18-4/h5-12H2,1-4H3. The Kier molecular flexibility index (Phi) is 7.78. The molecule has 1 fully saturated rings. The minimum Gasteiger partial charge on any atom is -0.377 e. The van der Waals surface area contributed by atoms with Crippen molar-refractivity contribution in [1.29, 1.82) is 0 Å². The predicted molar refractivity (Wildman–Crippen MR) is 79.9 cm³/mol. The van der Waals surface area contributed by atoms with Crippen molar-refractivity contribution >= 4 is 14.5 Å². The third-order valence-electron chi connectivity index (χ3n) is 3.62. The Bertz CT molecular complexity index is 275. The van der Waals surface area contributed by atoms with Gasteiger partial charge in [0.2, 0.25) is 0 Å². The van der Waals surface area contributed by atoms with E-state index < -0.39 is 8.80 Å². The molecule has 0 N–H and O–H groups in total. The van der Waals surface area contributed by atoms with E-state index in [4.69, 9.17) is 18.3 Å². The molecule has 1 saturated heterocycles. The average molecular weight is 288 g/mol. The van der Waals surface area contributed by atoms with Gasteiger partial charge in [-0.15, -0.1) is 0 Å². The first kappa shape index (κ1) is 16.8. The van der Waals surface area contributed by atoms with E-state index in [2.05, 4.69) is 11.9 Å². The molecule has 19 heavy (non-hydrogen) atoms. The van der Waals surface area contributed by atoms with Crippen LogP contribution in [0.5, 0.6) is 0 Å². The molecule has 1 aliphatic rings. The second-order valence-corrected chi connectivity index (χ2v) is 8.13. The van der Waals surface area contributed by atoms with E-state index in [-0.39, 0.29) is 0 Å². The zero-order valence-corrected chi connectivity index (χ0v) is 13.8. The fourth-order valence-corrected chi connectivity index (χ4v) is 4.10. The molecule has 1 rings (SSSR count). The molecule has 0 atom stereocenters. The van der Waals surface area contributed by atoms with Gasteiger partial charge in [0.05, 0.1) is 0 Å².